The topological polar surface area (TPSA) is 80.8 Å². The molecule has 0 aliphatic carbocycles. The van der Waals surface area contributed by atoms with Gasteiger partial charge in [0.05, 0.1) is 11.5 Å². The number of anilines is 1. The van der Waals surface area contributed by atoms with Gasteiger partial charge in [0.25, 0.3) is 0 Å². The Kier molecular flexibility index (Phi) is 13.9. The van der Waals surface area contributed by atoms with Gasteiger partial charge in [0.1, 0.15) is 0 Å². The molecule has 1 aliphatic rings. The second kappa shape index (κ2) is 15.5. The fourth-order valence-corrected chi connectivity index (χ4v) is 3.97. The Labute approximate surface area is 242 Å². The van der Waals surface area contributed by atoms with E-state index >= 15 is 0 Å². The number of allylic oxidation sites excluding steroid dienone is 4. The van der Waals surface area contributed by atoms with Gasteiger partial charge in [-0.25, -0.2) is 23.9 Å². The van der Waals surface area contributed by atoms with Crippen LogP contribution in [0.3, 0.4) is 0 Å². The van der Waals surface area contributed by atoms with Crippen LogP contribution in [0.2, 0.25) is 0 Å². The number of hydrogen-bond acceptors (Lipinski definition) is 5. The van der Waals surface area contributed by atoms with Crippen molar-refractivity contribution >= 4 is 26.5 Å². The van der Waals surface area contributed by atoms with E-state index in [1.54, 1.807) is 17.1 Å². The van der Waals surface area contributed by atoms with Crippen molar-refractivity contribution in [1.29, 1.82) is 0 Å². The summed E-state index contributed by atoms with van der Waals surface area (Å²) < 4.78 is 0. The summed E-state index contributed by atoms with van der Waals surface area (Å²) in [5.74, 6) is 0.127. The molecule has 0 spiro atoms. The molecule has 0 aromatic heterocycles. The van der Waals surface area contributed by atoms with Crippen molar-refractivity contribution in [3.8, 4) is 0 Å². The number of amides is 2. The normalized spacial score (nSPS) is 18.8. The molecule has 0 saturated carbocycles. The molecule has 2 amide bonds. The van der Waals surface area contributed by atoms with Gasteiger partial charge in [-0.05, 0) is 51.0 Å². The molecule has 0 bridgehead atoms. The number of rotatable bonds is 9. The van der Waals surface area contributed by atoms with Crippen LogP contribution >= 0.6 is 8.58 Å². The number of aliphatic imine (C=N–C) groups is 1. The van der Waals surface area contributed by atoms with Gasteiger partial charge in [-0.2, -0.15) is 6.20 Å². The van der Waals surface area contributed by atoms with Gasteiger partial charge < -0.3 is 20.9 Å². The van der Waals surface area contributed by atoms with Crippen LogP contribution in [0.1, 0.15) is 25.5 Å². The van der Waals surface area contributed by atoms with Gasteiger partial charge >= 0.3 is 57.4 Å². The predicted molar refractivity (Wildman–Crippen MR) is 137 cm³/mol. The van der Waals surface area contributed by atoms with Crippen molar-refractivity contribution in [2.24, 2.45) is 4.99 Å². The fourth-order valence-electron chi connectivity index (χ4n) is 2.83. The average molecular weight is 492 g/mol. The number of carbonyl (C=O) groups is 1. The van der Waals surface area contributed by atoms with E-state index in [-0.39, 0.29) is 69.2 Å². The molecule has 1 aromatic rings. The van der Waals surface area contributed by atoms with Crippen molar-refractivity contribution in [3.05, 3.63) is 84.6 Å². The van der Waals surface area contributed by atoms with Crippen molar-refractivity contribution in [2.75, 3.05) is 26.0 Å². The zero-order chi connectivity index (χ0) is 23.5. The Morgan fingerprint density at radius 3 is 2.85 bits per heavy atom. The third-order valence-electron chi connectivity index (χ3n) is 4.41. The molecule has 1 aliphatic heterocycles. The molecule has 0 saturated heterocycles. The van der Waals surface area contributed by atoms with Gasteiger partial charge in [0.15, 0.2) is 0 Å². The fraction of sp³-hybridized carbons (Fsp3) is 0.292. The molecule has 0 radical (unpaired) electrons. The molecular formula is C24H33KN6OP-. The number of carbonyl (C=O) groups excluding carboxylic acids is 1. The van der Waals surface area contributed by atoms with Crippen LogP contribution < -0.4 is 72.7 Å². The maximum Gasteiger partial charge on any atom is 1.00 e. The molecule has 7 nitrogen and oxygen atoms in total. The summed E-state index contributed by atoms with van der Waals surface area (Å²) in [4.78, 5) is 18.6. The zero-order valence-corrected chi connectivity index (χ0v) is 24.3. The van der Waals surface area contributed by atoms with E-state index in [4.69, 9.17) is 0 Å². The Balaban J connectivity index is 0.00000544. The minimum Gasteiger partial charge on any atom is -0.469 e. The summed E-state index contributed by atoms with van der Waals surface area (Å²) in [5.41, 5.74) is 3.15. The van der Waals surface area contributed by atoms with E-state index in [1.807, 2.05) is 57.7 Å². The van der Waals surface area contributed by atoms with E-state index in [2.05, 4.69) is 52.9 Å². The second-order valence-corrected chi connectivity index (χ2v) is 8.96. The first-order valence-corrected chi connectivity index (χ1v) is 11.5. The third-order valence-corrected chi connectivity index (χ3v) is 5.64. The summed E-state index contributed by atoms with van der Waals surface area (Å²) in [6.07, 6.45) is 10.2. The smallest absolute Gasteiger partial charge is 0.469 e. The first-order chi connectivity index (χ1) is 15.3. The molecule has 3 unspecified atom stereocenters. The van der Waals surface area contributed by atoms with Gasteiger partial charge in [0, 0.05) is 30.7 Å². The summed E-state index contributed by atoms with van der Waals surface area (Å²) >= 11 is 0. The molecule has 0 fully saturated rings. The Hall–Kier alpha value is -1.38. The minimum atomic E-state index is -0.348. The van der Waals surface area contributed by atoms with Crippen molar-refractivity contribution < 1.29 is 56.2 Å². The molecule has 172 valence electrons. The van der Waals surface area contributed by atoms with E-state index < -0.39 is 0 Å². The number of nitrogens with one attached hydrogen (secondary N) is 4. The van der Waals surface area contributed by atoms with Crippen LogP contribution in [-0.4, -0.2) is 43.6 Å². The monoisotopic (exact) mass is 491 g/mol. The number of nitrogens with zero attached hydrogens (tertiary/aromatic N) is 2. The van der Waals surface area contributed by atoms with Crippen LogP contribution in [0.4, 0.5) is 10.5 Å². The van der Waals surface area contributed by atoms with E-state index in [0.29, 0.717) is 20.0 Å². The number of hydrogen-bond donors (Lipinski definition) is 4. The summed E-state index contributed by atoms with van der Waals surface area (Å²) in [5, 5.41) is 13.3. The van der Waals surface area contributed by atoms with Gasteiger partial charge in [-0.15, -0.1) is 5.70 Å². The maximum absolute atomic E-state index is 12.3. The van der Waals surface area contributed by atoms with Crippen LogP contribution in [0.15, 0.2) is 70.9 Å². The predicted octanol–water partition coefficient (Wildman–Crippen LogP) is 1.11. The molecule has 3 atom stereocenters. The van der Waals surface area contributed by atoms with E-state index in [0.717, 1.165) is 23.1 Å². The second-order valence-electron chi connectivity index (χ2n) is 7.44. The molecule has 1 aromatic carbocycles. The molecule has 4 N–H and O–H groups in total. The maximum atomic E-state index is 12.3. The standard InChI is InChI=1S/C24H33N6OP.K/c1-7-25-15-22-19(4)32-23(16-26-22)28-18(3)20-11-8-12-21(14-20)29-24(31)27-17(2)10-9-13-30(5)6;/h8-12,14-16,18,23,25,28,32H,2,4,7H2,1,3,5-6H3,(H2,27,29,31);/q-2;+1/b17-10+,22-15+;. The Morgan fingerprint density at radius 1 is 1.42 bits per heavy atom. The minimum absolute atomic E-state index is 0. The summed E-state index contributed by atoms with van der Waals surface area (Å²) in [6, 6.07) is 7.49. The summed E-state index contributed by atoms with van der Waals surface area (Å²) in [7, 11) is 4.25. The average Bonchev–Trinajstić information content (AvgIpc) is 2.73. The van der Waals surface area contributed by atoms with Crippen LogP contribution in [0.5, 0.6) is 0 Å². The van der Waals surface area contributed by atoms with Gasteiger partial charge in [-0.3, -0.25) is 10.3 Å². The van der Waals surface area contributed by atoms with Gasteiger partial charge in [-0.1, -0.05) is 27.3 Å². The molecule has 9 heteroatoms. The van der Waals surface area contributed by atoms with Crippen molar-refractivity contribution in [1.82, 2.24) is 20.9 Å². The molecular weight excluding hydrogens is 458 g/mol. The first-order valence-electron chi connectivity index (χ1n) is 10.4. The third kappa shape index (κ3) is 11.1. The zero-order valence-electron chi connectivity index (χ0n) is 20.2. The summed E-state index contributed by atoms with van der Waals surface area (Å²) in [6.45, 7) is 13.0. The Morgan fingerprint density at radius 2 is 2.18 bits per heavy atom. The van der Waals surface area contributed by atoms with Crippen LogP contribution in [0, 0.1) is 13.1 Å². The van der Waals surface area contributed by atoms with Crippen LogP contribution in [-0.2, 0) is 0 Å². The molecule has 2 rings (SSSR count). The quantitative estimate of drug-likeness (QED) is 0.137. The largest absolute Gasteiger partial charge is 1.00 e. The molecule has 33 heavy (non-hydrogen) atoms. The number of urea groups is 1. The molecule has 1 heterocycles. The SMILES string of the molecule is C=C1PC(NC(C)c2cccc(NC(=O)N/C([CH2-])=C/C=[C-]N(C)C)c2)C=N/C1=C/NCC.[K+]. The van der Waals surface area contributed by atoms with Crippen LogP contribution in [0.25, 0.3) is 0 Å². The first kappa shape index (κ1) is 29.6. The van der Waals surface area contributed by atoms with Gasteiger partial charge in [0.2, 0.25) is 0 Å². The Bertz CT molecular complexity index is 925. The van der Waals surface area contributed by atoms with E-state index in [1.165, 1.54) is 0 Å². The number of benzene rings is 1. The van der Waals surface area contributed by atoms with Crippen molar-refractivity contribution in [3.63, 3.8) is 0 Å². The van der Waals surface area contributed by atoms with E-state index in [9.17, 15) is 4.79 Å². The van der Waals surface area contributed by atoms with Crippen molar-refractivity contribution in [2.45, 2.75) is 25.7 Å².